The Morgan fingerprint density at radius 1 is 1.11 bits per heavy atom. The second-order valence-corrected chi connectivity index (χ2v) is 6.89. The highest BCUT2D eigenvalue weighted by Gasteiger charge is 2.20. The topological polar surface area (TPSA) is 84.2 Å². The summed E-state index contributed by atoms with van der Waals surface area (Å²) >= 11 is 0. The van der Waals surface area contributed by atoms with Crippen molar-refractivity contribution < 1.29 is 14.7 Å². The maximum absolute atomic E-state index is 12.5. The van der Waals surface area contributed by atoms with Crippen LogP contribution >= 0.6 is 0 Å². The molecule has 27 heavy (non-hydrogen) atoms. The van der Waals surface area contributed by atoms with Crippen LogP contribution in [0.5, 0.6) is 0 Å². The molecule has 0 aliphatic heterocycles. The zero-order chi connectivity index (χ0) is 19.6. The minimum Gasteiger partial charge on any atom is -0.478 e. The third-order valence-corrected chi connectivity index (χ3v) is 4.44. The van der Waals surface area contributed by atoms with Crippen LogP contribution in [0.25, 0.3) is 11.0 Å². The molecule has 0 bridgehead atoms. The van der Waals surface area contributed by atoms with Gasteiger partial charge in [0.2, 0.25) is 5.91 Å². The molecule has 6 heteroatoms. The normalized spacial score (nSPS) is 12.3. The van der Waals surface area contributed by atoms with E-state index in [0.29, 0.717) is 5.56 Å². The van der Waals surface area contributed by atoms with Gasteiger partial charge in [-0.15, -0.1) is 0 Å². The molecule has 0 saturated heterocycles. The van der Waals surface area contributed by atoms with Crippen molar-refractivity contribution in [1.82, 2.24) is 14.9 Å². The number of benzene rings is 2. The van der Waals surface area contributed by atoms with Crippen LogP contribution in [-0.4, -0.2) is 26.5 Å². The van der Waals surface area contributed by atoms with E-state index in [2.05, 4.69) is 23.7 Å². The molecule has 2 N–H and O–H groups in total. The fourth-order valence-electron chi connectivity index (χ4n) is 3.27. The smallest absolute Gasteiger partial charge is 0.335 e. The van der Waals surface area contributed by atoms with E-state index in [-0.39, 0.29) is 30.0 Å². The monoisotopic (exact) mass is 365 g/mol. The van der Waals surface area contributed by atoms with Crippen LogP contribution in [0, 0.1) is 0 Å². The van der Waals surface area contributed by atoms with Crippen LogP contribution in [0.1, 0.15) is 54.6 Å². The van der Waals surface area contributed by atoms with Crippen molar-refractivity contribution in [2.75, 3.05) is 0 Å². The van der Waals surface area contributed by atoms with Gasteiger partial charge in [0.25, 0.3) is 0 Å². The number of para-hydroxylation sites is 2. The first kappa shape index (κ1) is 18.6. The summed E-state index contributed by atoms with van der Waals surface area (Å²) in [4.78, 5) is 28.3. The molecule has 1 heterocycles. The highest BCUT2D eigenvalue weighted by atomic mass is 16.4. The molecule has 0 saturated carbocycles. The van der Waals surface area contributed by atoms with E-state index in [9.17, 15) is 9.59 Å². The number of fused-ring (bicyclic) bond motifs is 1. The summed E-state index contributed by atoms with van der Waals surface area (Å²) in [6.45, 7) is 6.08. The van der Waals surface area contributed by atoms with Gasteiger partial charge in [-0.25, -0.2) is 9.78 Å². The third-order valence-electron chi connectivity index (χ3n) is 4.44. The van der Waals surface area contributed by atoms with Gasteiger partial charge in [-0.3, -0.25) is 4.79 Å². The predicted octanol–water partition coefficient (Wildman–Crippen LogP) is 3.74. The summed E-state index contributed by atoms with van der Waals surface area (Å²) in [5.74, 6) is -0.373. The van der Waals surface area contributed by atoms with E-state index >= 15 is 0 Å². The largest absolute Gasteiger partial charge is 0.478 e. The Bertz CT molecular complexity index is 991. The van der Waals surface area contributed by atoms with Gasteiger partial charge in [0, 0.05) is 6.04 Å². The highest BCUT2D eigenvalue weighted by molar-refractivity contribution is 5.88. The van der Waals surface area contributed by atoms with Crippen molar-refractivity contribution in [3.8, 4) is 0 Å². The Morgan fingerprint density at radius 2 is 1.85 bits per heavy atom. The lowest BCUT2D eigenvalue weighted by Gasteiger charge is -2.19. The minimum absolute atomic E-state index is 0.118. The molecule has 1 atom stereocenters. The zero-order valence-corrected chi connectivity index (χ0v) is 15.6. The van der Waals surface area contributed by atoms with Crippen LogP contribution in [0.4, 0.5) is 0 Å². The molecule has 0 aliphatic carbocycles. The Kier molecular flexibility index (Phi) is 5.26. The SMILES string of the molecule is CC(NC(=O)Cc1cccc(C(=O)O)c1)c1nc2ccccc2n1C(C)C. The molecule has 3 rings (SSSR count). The van der Waals surface area contributed by atoms with Crippen molar-refractivity contribution in [1.29, 1.82) is 0 Å². The molecule has 2 aromatic carbocycles. The maximum Gasteiger partial charge on any atom is 0.335 e. The van der Waals surface area contributed by atoms with Crippen LogP contribution in [-0.2, 0) is 11.2 Å². The average molecular weight is 365 g/mol. The predicted molar refractivity (Wildman–Crippen MR) is 104 cm³/mol. The van der Waals surface area contributed by atoms with Gasteiger partial charge in [0.05, 0.1) is 29.1 Å². The highest BCUT2D eigenvalue weighted by Crippen LogP contribution is 2.24. The summed E-state index contributed by atoms with van der Waals surface area (Å²) in [7, 11) is 0. The standard InChI is InChI=1S/C21H23N3O3/c1-13(2)24-18-10-5-4-9-17(18)23-20(24)14(3)22-19(25)12-15-7-6-8-16(11-15)21(26)27/h4-11,13-14H,12H2,1-3H3,(H,22,25)(H,26,27). The minimum atomic E-state index is -1.00. The molecule has 1 aromatic heterocycles. The van der Waals surface area contributed by atoms with E-state index in [1.165, 1.54) is 12.1 Å². The Morgan fingerprint density at radius 3 is 2.56 bits per heavy atom. The van der Waals surface area contributed by atoms with Gasteiger partial charge in [-0.2, -0.15) is 0 Å². The van der Waals surface area contributed by atoms with Crippen LogP contribution in [0.3, 0.4) is 0 Å². The van der Waals surface area contributed by atoms with E-state index in [1.54, 1.807) is 12.1 Å². The number of hydrogen-bond donors (Lipinski definition) is 2. The lowest BCUT2D eigenvalue weighted by Crippen LogP contribution is -2.30. The van der Waals surface area contributed by atoms with E-state index in [4.69, 9.17) is 10.1 Å². The number of carbonyl (C=O) groups excluding carboxylic acids is 1. The summed E-state index contributed by atoms with van der Waals surface area (Å²) in [6.07, 6.45) is 0.118. The number of hydrogen-bond acceptors (Lipinski definition) is 3. The van der Waals surface area contributed by atoms with Crippen molar-refractivity contribution >= 4 is 22.9 Å². The van der Waals surface area contributed by atoms with Crippen LogP contribution in [0.2, 0.25) is 0 Å². The van der Waals surface area contributed by atoms with Crippen molar-refractivity contribution in [3.63, 3.8) is 0 Å². The number of nitrogens with zero attached hydrogens (tertiary/aromatic N) is 2. The maximum atomic E-state index is 12.5. The number of aromatic nitrogens is 2. The molecule has 1 amide bonds. The van der Waals surface area contributed by atoms with Crippen molar-refractivity contribution in [3.05, 3.63) is 65.5 Å². The van der Waals surface area contributed by atoms with E-state index in [0.717, 1.165) is 16.9 Å². The number of aromatic carboxylic acids is 1. The molecule has 1 unspecified atom stereocenters. The molecule has 140 valence electrons. The van der Waals surface area contributed by atoms with E-state index < -0.39 is 5.97 Å². The molecule has 0 aliphatic rings. The number of amides is 1. The Balaban J connectivity index is 1.79. The van der Waals surface area contributed by atoms with Gasteiger partial charge < -0.3 is 15.0 Å². The number of rotatable bonds is 6. The quantitative estimate of drug-likeness (QED) is 0.697. The third kappa shape index (κ3) is 4.00. The summed E-state index contributed by atoms with van der Waals surface area (Å²) in [5.41, 5.74) is 2.78. The second-order valence-electron chi connectivity index (χ2n) is 6.89. The van der Waals surface area contributed by atoms with Crippen molar-refractivity contribution in [2.24, 2.45) is 0 Å². The van der Waals surface area contributed by atoms with Gasteiger partial charge >= 0.3 is 5.97 Å². The van der Waals surface area contributed by atoms with Gasteiger partial charge in [-0.05, 0) is 50.6 Å². The molecule has 0 spiro atoms. The van der Waals surface area contributed by atoms with Crippen molar-refractivity contribution in [2.45, 2.75) is 39.3 Å². The Labute approximate surface area is 157 Å². The van der Waals surface area contributed by atoms with Crippen LogP contribution < -0.4 is 5.32 Å². The number of carboxylic acid groups (broad SMARTS) is 1. The molecule has 0 radical (unpaired) electrons. The molecular formula is C21H23N3O3. The summed E-state index contributed by atoms with van der Waals surface area (Å²) < 4.78 is 2.13. The number of nitrogens with one attached hydrogen (secondary N) is 1. The molecular weight excluding hydrogens is 342 g/mol. The molecule has 3 aromatic rings. The number of carboxylic acids is 1. The first-order chi connectivity index (χ1) is 12.9. The molecule has 6 nitrogen and oxygen atoms in total. The fraction of sp³-hybridized carbons (Fsp3) is 0.286. The average Bonchev–Trinajstić information content (AvgIpc) is 3.01. The first-order valence-electron chi connectivity index (χ1n) is 8.95. The number of carbonyl (C=O) groups is 2. The Hall–Kier alpha value is -3.15. The zero-order valence-electron chi connectivity index (χ0n) is 15.6. The van der Waals surface area contributed by atoms with Crippen LogP contribution in [0.15, 0.2) is 48.5 Å². The van der Waals surface area contributed by atoms with Gasteiger partial charge in [-0.1, -0.05) is 24.3 Å². The molecule has 0 fully saturated rings. The van der Waals surface area contributed by atoms with E-state index in [1.807, 2.05) is 31.2 Å². The second kappa shape index (κ2) is 7.61. The summed E-state index contributed by atoms with van der Waals surface area (Å²) in [5, 5.41) is 12.1. The van der Waals surface area contributed by atoms with Gasteiger partial charge in [0.1, 0.15) is 5.82 Å². The fourth-order valence-corrected chi connectivity index (χ4v) is 3.27. The lowest BCUT2D eigenvalue weighted by molar-refractivity contribution is -0.121. The first-order valence-corrected chi connectivity index (χ1v) is 8.95. The summed E-state index contributed by atoms with van der Waals surface area (Å²) in [6, 6.07) is 14.3. The van der Waals surface area contributed by atoms with Gasteiger partial charge in [0.15, 0.2) is 0 Å². The lowest BCUT2D eigenvalue weighted by atomic mass is 10.1. The number of imidazole rings is 1.